The Hall–Kier alpha value is -3.01. The smallest absolute Gasteiger partial charge is 0.253 e. The van der Waals surface area contributed by atoms with Gasteiger partial charge in [-0.1, -0.05) is 24.3 Å². The van der Waals surface area contributed by atoms with Gasteiger partial charge in [-0.2, -0.15) is 0 Å². The number of ether oxygens (including phenoxy) is 1. The molecule has 0 aromatic heterocycles. The van der Waals surface area contributed by atoms with Crippen LogP contribution in [-0.2, 0) is 0 Å². The minimum absolute atomic E-state index is 0.135. The minimum Gasteiger partial charge on any atom is -0.497 e. The van der Waals surface area contributed by atoms with Crippen LogP contribution in [0.3, 0.4) is 0 Å². The van der Waals surface area contributed by atoms with Gasteiger partial charge < -0.3 is 15.0 Å². The first-order chi connectivity index (χ1) is 15.0. The molecular formula is C27H32N2O2. The number of allylic oxidation sites excluding steroid dienone is 3. The Kier molecular flexibility index (Phi) is 6.17. The van der Waals surface area contributed by atoms with Crippen LogP contribution in [0.1, 0.15) is 66.1 Å². The average molecular weight is 417 g/mol. The molecule has 0 bridgehead atoms. The summed E-state index contributed by atoms with van der Waals surface area (Å²) < 4.78 is 5.26. The molecule has 31 heavy (non-hydrogen) atoms. The maximum Gasteiger partial charge on any atom is 0.253 e. The molecule has 2 aliphatic heterocycles. The van der Waals surface area contributed by atoms with Crippen molar-refractivity contribution < 1.29 is 9.53 Å². The van der Waals surface area contributed by atoms with Crippen molar-refractivity contribution in [1.82, 2.24) is 10.2 Å². The van der Waals surface area contributed by atoms with Crippen LogP contribution in [0.4, 0.5) is 0 Å². The van der Waals surface area contributed by atoms with Gasteiger partial charge in [-0.15, -0.1) is 0 Å². The first kappa shape index (κ1) is 21.2. The van der Waals surface area contributed by atoms with Crippen LogP contribution >= 0.6 is 0 Å². The molecule has 4 heteroatoms. The van der Waals surface area contributed by atoms with E-state index < -0.39 is 0 Å². The molecule has 1 amide bonds. The summed E-state index contributed by atoms with van der Waals surface area (Å²) in [6, 6.07) is 14.5. The Labute approximate surface area is 185 Å². The van der Waals surface area contributed by atoms with E-state index in [0.717, 1.165) is 60.6 Å². The van der Waals surface area contributed by atoms with Crippen molar-refractivity contribution in [1.29, 1.82) is 0 Å². The summed E-state index contributed by atoms with van der Waals surface area (Å²) in [5.74, 6) is 1.52. The summed E-state index contributed by atoms with van der Waals surface area (Å²) in [6.45, 7) is 7.94. The normalized spacial score (nSPS) is 17.3. The van der Waals surface area contributed by atoms with Crippen molar-refractivity contribution in [3.05, 3.63) is 82.1 Å². The van der Waals surface area contributed by atoms with E-state index in [1.165, 1.54) is 16.7 Å². The van der Waals surface area contributed by atoms with Gasteiger partial charge in [-0.3, -0.25) is 4.79 Å². The lowest BCUT2D eigenvalue weighted by Crippen LogP contribution is -2.38. The van der Waals surface area contributed by atoms with E-state index >= 15 is 0 Å². The monoisotopic (exact) mass is 416 g/mol. The highest BCUT2D eigenvalue weighted by atomic mass is 16.5. The fraction of sp³-hybridized carbons (Fsp3) is 0.370. The number of dihydropyridines is 1. The summed E-state index contributed by atoms with van der Waals surface area (Å²) >= 11 is 0. The SMILES string of the molecule is COc1ccc(C2CCN(C(=O)c3ccc(C)c(C4=C(C)CC=C(C)N4)c3)CC2)cc1. The van der Waals surface area contributed by atoms with Crippen molar-refractivity contribution in [3.63, 3.8) is 0 Å². The Morgan fingerprint density at radius 2 is 1.74 bits per heavy atom. The number of methoxy groups -OCH3 is 1. The topological polar surface area (TPSA) is 41.6 Å². The summed E-state index contributed by atoms with van der Waals surface area (Å²) in [6.07, 6.45) is 5.14. The van der Waals surface area contributed by atoms with Crippen LogP contribution in [0.2, 0.25) is 0 Å². The Bertz CT molecular complexity index is 1030. The number of carbonyl (C=O) groups is 1. The number of hydrogen-bond donors (Lipinski definition) is 1. The predicted octanol–water partition coefficient (Wildman–Crippen LogP) is 5.65. The molecule has 1 fully saturated rings. The second-order valence-electron chi connectivity index (χ2n) is 8.74. The Balaban J connectivity index is 1.47. The van der Waals surface area contributed by atoms with Crippen LogP contribution in [-0.4, -0.2) is 31.0 Å². The second-order valence-corrected chi connectivity index (χ2v) is 8.74. The van der Waals surface area contributed by atoms with E-state index in [2.05, 4.69) is 56.4 Å². The summed E-state index contributed by atoms with van der Waals surface area (Å²) in [5.41, 5.74) is 8.04. The van der Waals surface area contributed by atoms with Gasteiger partial charge in [0.15, 0.2) is 0 Å². The zero-order valence-corrected chi connectivity index (χ0v) is 19.0. The molecule has 162 valence electrons. The standard InChI is InChI=1S/C27H32N2O2/c1-18-6-8-23(17-25(18)26-19(2)5-7-20(3)28-26)27(30)29-15-13-22(14-16-29)21-9-11-24(31-4)12-10-21/h6-12,17,22,28H,5,13-16H2,1-4H3. The van der Waals surface area contributed by atoms with Crippen LogP contribution in [0, 0.1) is 6.92 Å². The van der Waals surface area contributed by atoms with Gasteiger partial charge in [0.1, 0.15) is 5.75 Å². The highest BCUT2D eigenvalue weighted by Crippen LogP contribution is 2.31. The van der Waals surface area contributed by atoms with Crippen molar-refractivity contribution in [2.75, 3.05) is 20.2 Å². The Morgan fingerprint density at radius 1 is 1.03 bits per heavy atom. The zero-order valence-electron chi connectivity index (χ0n) is 19.0. The van der Waals surface area contributed by atoms with E-state index in [-0.39, 0.29) is 5.91 Å². The molecule has 4 rings (SSSR count). The van der Waals surface area contributed by atoms with Crippen molar-refractivity contribution in [3.8, 4) is 5.75 Å². The number of hydrogen-bond acceptors (Lipinski definition) is 3. The fourth-order valence-corrected chi connectivity index (χ4v) is 4.56. The number of amides is 1. The van der Waals surface area contributed by atoms with Gasteiger partial charge in [0.25, 0.3) is 5.91 Å². The third-order valence-electron chi connectivity index (χ3n) is 6.59. The van der Waals surface area contributed by atoms with Gasteiger partial charge in [0.05, 0.1) is 7.11 Å². The first-order valence-electron chi connectivity index (χ1n) is 11.1. The molecule has 1 N–H and O–H groups in total. The lowest BCUT2D eigenvalue weighted by atomic mass is 9.89. The Morgan fingerprint density at radius 3 is 2.42 bits per heavy atom. The number of benzene rings is 2. The molecule has 2 heterocycles. The van der Waals surface area contributed by atoms with Gasteiger partial charge in [-0.25, -0.2) is 0 Å². The van der Waals surface area contributed by atoms with Crippen LogP contribution < -0.4 is 10.1 Å². The third kappa shape index (κ3) is 4.53. The summed E-state index contributed by atoms with van der Waals surface area (Å²) in [7, 11) is 1.69. The molecule has 2 aromatic rings. The van der Waals surface area contributed by atoms with Crippen molar-refractivity contribution >= 4 is 11.6 Å². The van der Waals surface area contributed by atoms with E-state index in [9.17, 15) is 4.79 Å². The van der Waals surface area contributed by atoms with Crippen LogP contribution in [0.5, 0.6) is 5.75 Å². The highest BCUT2D eigenvalue weighted by molar-refractivity contribution is 5.95. The lowest BCUT2D eigenvalue weighted by Gasteiger charge is -2.32. The molecule has 0 radical (unpaired) electrons. The molecule has 0 saturated carbocycles. The molecule has 4 nitrogen and oxygen atoms in total. The highest BCUT2D eigenvalue weighted by Gasteiger charge is 2.25. The van der Waals surface area contributed by atoms with Gasteiger partial charge in [0.2, 0.25) is 0 Å². The third-order valence-corrected chi connectivity index (χ3v) is 6.59. The van der Waals surface area contributed by atoms with Gasteiger partial charge in [-0.05, 0) is 86.9 Å². The van der Waals surface area contributed by atoms with E-state index in [1.807, 2.05) is 23.1 Å². The maximum atomic E-state index is 13.3. The second kappa shape index (κ2) is 9.01. The number of likely N-dealkylation sites (tertiary alicyclic amines) is 1. The zero-order chi connectivity index (χ0) is 22.0. The number of carbonyl (C=O) groups excluding carboxylic acids is 1. The lowest BCUT2D eigenvalue weighted by molar-refractivity contribution is 0.0713. The first-order valence-corrected chi connectivity index (χ1v) is 11.1. The largest absolute Gasteiger partial charge is 0.497 e. The van der Waals surface area contributed by atoms with Crippen molar-refractivity contribution in [2.45, 2.75) is 46.0 Å². The molecular weight excluding hydrogens is 384 g/mol. The van der Waals surface area contributed by atoms with E-state index in [0.29, 0.717) is 5.92 Å². The molecule has 2 aliphatic rings. The van der Waals surface area contributed by atoms with Crippen molar-refractivity contribution in [2.24, 2.45) is 0 Å². The minimum atomic E-state index is 0.135. The molecule has 1 saturated heterocycles. The van der Waals surface area contributed by atoms with E-state index in [4.69, 9.17) is 4.74 Å². The maximum absolute atomic E-state index is 13.3. The molecule has 0 spiro atoms. The van der Waals surface area contributed by atoms with Crippen LogP contribution in [0.15, 0.2) is 59.8 Å². The van der Waals surface area contributed by atoms with E-state index in [1.54, 1.807) is 7.11 Å². The number of rotatable bonds is 4. The van der Waals surface area contributed by atoms with Crippen LogP contribution in [0.25, 0.3) is 5.70 Å². The number of nitrogens with one attached hydrogen (secondary N) is 1. The average Bonchev–Trinajstić information content (AvgIpc) is 2.81. The quantitative estimate of drug-likeness (QED) is 0.700. The predicted molar refractivity (Wildman–Crippen MR) is 126 cm³/mol. The molecule has 0 aliphatic carbocycles. The van der Waals surface area contributed by atoms with Gasteiger partial charge >= 0.3 is 0 Å². The molecule has 2 aromatic carbocycles. The summed E-state index contributed by atoms with van der Waals surface area (Å²) in [5, 5.41) is 3.51. The molecule has 0 atom stereocenters. The summed E-state index contributed by atoms with van der Waals surface area (Å²) in [4.78, 5) is 15.3. The number of piperidine rings is 1. The molecule has 0 unspecified atom stereocenters. The fourth-order valence-electron chi connectivity index (χ4n) is 4.56. The number of nitrogens with zero attached hydrogens (tertiary/aromatic N) is 1. The number of aryl methyl sites for hydroxylation is 1. The van der Waals surface area contributed by atoms with Gasteiger partial charge in [0, 0.05) is 35.6 Å².